The molecule has 0 aliphatic rings. The van der Waals surface area contributed by atoms with Crippen molar-refractivity contribution in [2.45, 2.75) is 0 Å². The van der Waals surface area contributed by atoms with Crippen molar-refractivity contribution >= 4 is 23.2 Å². The predicted octanol–water partition coefficient (Wildman–Crippen LogP) is 0.838. The maximum Gasteiger partial charge on any atom is 0.301 e. The van der Waals surface area contributed by atoms with E-state index in [1.807, 2.05) is 0 Å². The van der Waals surface area contributed by atoms with Crippen molar-refractivity contribution in [3.63, 3.8) is 0 Å². The Morgan fingerprint density at radius 3 is 2.74 bits per heavy atom. The van der Waals surface area contributed by atoms with Crippen molar-refractivity contribution in [1.29, 1.82) is 0 Å². The molecule has 1 amide bonds. The van der Waals surface area contributed by atoms with Crippen LogP contribution in [-0.2, 0) is 0 Å². The number of amides is 1. The monoisotopic (exact) mass is 283 g/mol. The summed E-state index contributed by atoms with van der Waals surface area (Å²) in [4.78, 5) is 21.4. The van der Waals surface area contributed by atoms with Crippen molar-refractivity contribution in [3.05, 3.63) is 33.0 Å². The third-order valence-corrected chi connectivity index (χ3v) is 2.61. The summed E-state index contributed by atoms with van der Waals surface area (Å²) in [6.07, 6.45) is 0. The van der Waals surface area contributed by atoms with Gasteiger partial charge in [-0.3, -0.25) is 14.9 Å². The van der Waals surface area contributed by atoms with Crippen LogP contribution in [0.1, 0.15) is 10.5 Å². The molecule has 0 radical (unpaired) electrons. The molecule has 1 aromatic heterocycles. The van der Waals surface area contributed by atoms with E-state index in [-0.39, 0.29) is 22.0 Å². The number of nitrogens with two attached hydrogens (primary N) is 1. The van der Waals surface area contributed by atoms with Gasteiger partial charge in [0.25, 0.3) is 5.91 Å². The molecule has 0 spiro atoms. The number of carbonyl (C=O) groups is 1. The molecule has 10 heteroatoms. The molecule has 1 aromatic carbocycles. The number of aromatic nitrogens is 3. The minimum absolute atomic E-state index is 0.212. The second kappa shape index (κ2) is 4.53. The predicted molar refractivity (Wildman–Crippen MR) is 63.7 cm³/mol. The summed E-state index contributed by atoms with van der Waals surface area (Å²) in [5.74, 6) is -1.41. The number of hydrogen-bond donors (Lipinski definition) is 3. The number of primary amides is 1. The smallest absolute Gasteiger partial charge is 0.301 e. The molecule has 0 saturated heterocycles. The zero-order valence-electron chi connectivity index (χ0n) is 9.12. The quantitative estimate of drug-likeness (QED) is 0.561. The molecular weight excluding hydrogens is 278 g/mol. The van der Waals surface area contributed by atoms with Crippen LogP contribution in [0, 0.1) is 10.1 Å². The van der Waals surface area contributed by atoms with Crippen LogP contribution >= 0.6 is 11.6 Å². The summed E-state index contributed by atoms with van der Waals surface area (Å²) >= 11 is 5.72. The molecule has 19 heavy (non-hydrogen) atoms. The van der Waals surface area contributed by atoms with Gasteiger partial charge in [0.1, 0.15) is 22.0 Å². The summed E-state index contributed by atoms with van der Waals surface area (Å²) in [5.41, 5.74) is 3.59. The lowest BCUT2D eigenvalue weighted by Gasteiger charge is -2.05. The Kier molecular flexibility index (Phi) is 3.05. The lowest BCUT2D eigenvalue weighted by Crippen LogP contribution is -2.13. The molecule has 1 heterocycles. The largest absolute Gasteiger partial charge is 0.507 e. The SMILES string of the molecule is NC(=O)c1n[nH]nc1-c1c(O)ccc(Cl)c1[N+](=O)[O-]. The van der Waals surface area contributed by atoms with Crippen molar-refractivity contribution in [2.75, 3.05) is 0 Å². The standard InChI is InChI=1S/C9H6ClN5O4/c10-3-1-2-4(16)5(8(3)15(18)19)6-7(9(11)17)13-14-12-6/h1-2,16H,(H2,11,17)(H,12,13,14). The van der Waals surface area contributed by atoms with E-state index in [1.165, 1.54) is 0 Å². The Morgan fingerprint density at radius 1 is 1.47 bits per heavy atom. The van der Waals surface area contributed by atoms with Gasteiger partial charge >= 0.3 is 5.69 Å². The number of nitro benzene ring substituents is 1. The van der Waals surface area contributed by atoms with Gasteiger partial charge in [0.05, 0.1) is 4.92 Å². The molecule has 4 N–H and O–H groups in total. The first kappa shape index (κ1) is 12.8. The lowest BCUT2D eigenvalue weighted by molar-refractivity contribution is -0.384. The molecule has 0 saturated carbocycles. The molecule has 0 fully saturated rings. The zero-order valence-corrected chi connectivity index (χ0v) is 9.88. The molecule has 0 bridgehead atoms. The summed E-state index contributed by atoms with van der Waals surface area (Å²) in [6.45, 7) is 0. The highest BCUT2D eigenvalue weighted by atomic mass is 35.5. The summed E-state index contributed by atoms with van der Waals surface area (Å²) in [6, 6.07) is 2.30. The summed E-state index contributed by atoms with van der Waals surface area (Å²) in [7, 11) is 0. The lowest BCUT2D eigenvalue weighted by atomic mass is 10.1. The van der Waals surface area contributed by atoms with Gasteiger partial charge < -0.3 is 10.8 Å². The van der Waals surface area contributed by atoms with Crippen molar-refractivity contribution in [3.8, 4) is 17.0 Å². The number of aromatic hydroxyl groups is 1. The molecule has 0 aliphatic heterocycles. The number of aromatic amines is 1. The minimum atomic E-state index is -0.947. The highest BCUT2D eigenvalue weighted by Crippen LogP contribution is 2.41. The maximum absolute atomic E-state index is 11.1. The second-order valence-electron chi connectivity index (χ2n) is 3.43. The summed E-state index contributed by atoms with van der Waals surface area (Å²) in [5, 5.41) is 29.7. The van der Waals surface area contributed by atoms with E-state index in [0.29, 0.717) is 0 Å². The van der Waals surface area contributed by atoms with E-state index in [1.54, 1.807) is 0 Å². The normalized spacial score (nSPS) is 10.4. The van der Waals surface area contributed by atoms with Gasteiger partial charge in [0, 0.05) is 0 Å². The fourth-order valence-corrected chi connectivity index (χ4v) is 1.77. The van der Waals surface area contributed by atoms with Crippen LogP contribution in [-0.4, -0.2) is 31.3 Å². The van der Waals surface area contributed by atoms with Crippen LogP contribution in [0.2, 0.25) is 5.02 Å². The number of carbonyl (C=O) groups excluding carboxylic acids is 1. The topological polar surface area (TPSA) is 148 Å². The highest BCUT2D eigenvalue weighted by molar-refractivity contribution is 6.33. The van der Waals surface area contributed by atoms with E-state index in [0.717, 1.165) is 12.1 Å². The Labute approximate surface area is 110 Å². The minimum Gasteiger partial charge on any atom is -0.507 e. The van der Waals surface area contributed by atoms with E-state index < -0.39 is 22.3 Å². The average molecular weight is 284 g/mol. The zero-order chi connectivity index (χ0) is 14.2. The second-order valence-corrected chi connectivity index (χ2v) is 3.84. The number of benzene rings is 1. The molecule has 2 aromatic rings. The van der Waals surface area contributed by atoms with Gasteiger partial charge in [-0.15, -0.1) is 0 Å². The Morgan fingerprint density at radius 2 is 2.16 bits per heavy atom. The van der Waals surface area contributed by atoms with Crippen molar-refractivity contribution in [2.24, 2.45) is 5.73 Å². The number of nitrogens with zero attached hydrogens (tertiary/aromatic N) is 3. The Bertz CT molecular complexity index is 683. The first-order chi connectivity index (χ1) is 8.93. The summed E-state index contributed by atoms with van der Waals surface area (Å²) < 4.78 is 0. The fraction of sp³-hybridized carbons (Fsp3) is 0. The molecular formula is C9H6ClN5O4. The molecule has 0 unspecified atom stereocenters. The van der Waals surface area contributed by atoms with Gasteiger partial charge in [-0.2, -0.15) is 15.4 Å². The van der Waals surface area contributed by atoms with Gasteiger partial charge in [-0.1, -0.05) is 11.6 Å². The molecule has 9 nitrogen and oxygen atoms in total. The van der Waals surface area contributed by atoms with E-state index in [2.05, 4.69) is 15.4 Å². The van der Waals surface area contributed by atoms with E-state index in [4.69, 9.17) is 17.3 Å². The van der Waals surface area contributed by atoms with E-state index >= 15 is 0 Å². The number of nitrogens with one attached hydrogen (secondary N) is 1. The van der Waals surface area contributed by atoms with Gasteiger partial charge in [-0.25, -0.2) is 0 Å². The fourth-order valence-electron chi connectivity index (χ4n) is 1.54. The average Bonchev–Trinajstić information content (AvgIpc) is 2.80. The molecule has 0 atom stereocenters. The van der Waals surface area contributed by atoms with Crippen LogP contribution in [0.4, 0.5) is 5.69 Å². The number of hydrogen-bond acceptors (Lipinski definition) is 6. The Hall–Kier alpha value is -2.68. The third kappa shape index (κ3) is 2.06. The third-order valence-electron chi connectivity index (χ3n) is 2.31. The van der Waals surface area contributed by atoms with Crippen molar-refractivity contribution in [1.82, 2.24) is 15.4 Å². The number of rotatable bonds is 3. The first-order valence-corrected chi connectivity index (χ1v) is 5.18. The van der Waals surface area contributed by atoms with Gasteiger partial charge in [0.2, 0.25) is 0 Å². The molecule has 2 rings (SSSR count). The van der Waals surface area contributed by atoms with Crippen LogP contribution in [0.25, 0.3) is 11.3 Å². The molecule has 0 aliphatic carbocycles. The number of phenols is 1. The van der Waals surface area contributed by atoms with Crippen LogP contribution in [0.3, 0.4) is 0 Å². The van der Waals surface area contributed by atoms with Gasteiger partial charge in [-0.05, 0) is 12.1 Å². The number of halogens is 1. The van der Waals surface area contributed by atoms with Crippen LogP contribution < -0.4 is 5.73 Å². The van der Waals surface area contributed by atoms with Gasteiger partial charge in [0.15, 0.2) is 5.69 Å². The first-order valence-electron chi connectivity index (χ1n) is 4.80. The van der Waals surface area contributed by atoms with Crippen LogP contribution in [0.15, 0.2) is 12.1 Å². The van der Waals surface area contributed by atoms with E-state index in [9.17, 15) is 20.0 Å². The number of nitro groups is 1. The highest BCUT2D eigenvalue weighted by Gasteiger charge is 2.29. The van der Waals surface area contributed by atoms with Crippen molar-refractivity contribution < 1.29 is 14.8 Å². The molecule has 98 valence electrons. The number of H-pyrrole nitrogens is 1. The Balaban J connectivity index is 2.81. The maximum atomic E-state index is 11.1. The number of phenolic OH excluding ortho intramolecular Hbond substituents is 1. The van der Waals surface area contributed by atoms with Crippen LogP contribution in [0.5, 0.6) is 5.75 Å².